The van der Waals surface area contributed by atoms with Gasteiger partial charge in [-0.3, -0.25) is 4.79 Å². The van der Waals surface area contributed by atoms with Crippen molar-refractivity contribution in [3.63, 3.8) is 0 Å². The van der Waals surface area contributed by atoms with Crippen LogP contribution in [0.25, 0.3) is 0 Å². The Morgan fingerprint density at radius 3 is 2.65 bits per heavy atom. The highest BCUT2D eigenvalue weighted by Gasteiger charge is 2.10. The summed E-state index contributed by atoms with van der Waals surface area (Å²) in [6, 6.07) is 12.4. The molecule has 1 amide bonds. The van der Waals surface area contributed by atoms with Gasteiger partial charge in [-0.1, -0.05) is 44.2 Å². The Kier molecular flexibility index (Phi) is 5.74. The van der Waals surface area contributed by atoms with Crippen LogP contribution in [0.15, 0.2) is 42.5 Å². The van der Waals surface area contributed by atoms with E-state index < -0.39 is 0 Å². The summed E-state index contributed by atoms with van der Waals surface area (Å²) in [5, 5.41) is 2.67. The fourth-order valence-electron chi connectivity index (χ4n) is 2.27. The molecule has 122 valence electrons. The molecule has 1 N–H and O–H groups in total. The van der Waals surface area contributed by atoms with E-state index in [1.165, 1.54) is 6.07 Å². The Morgan fingerprint density at radius 2 is 1.96 bits per heavy atom. The first-order chi connectivity index (χ1) is 11.0. The number of carbonyl (C=O) groups excluding carboxylic acids is 1. The Balaban J connectivity index is 1.92. The SMILES string of the molecule is Cc1ccc(C(C)C)c(OCC(=O)NCc2ccccc2F)c1. The molecule has 0 fully saturated rings. The standard InChI is InChI=1S/C19H22FNO2/c1-13(2)16-9-8-14(3)10-18(16)23-12-19(22)21-11-15-6-4-5-7-17(15)20/h4-10,13H,11-12H2,1-3H3,(H,21,22). The quantitative estimate of drug-likeness (QED) is 0.876. The Bertz CT molecular complexity index is 683. The van der Waals surface area contributed by atoms with Gasteiger partial charge >= 0.3 is 0 Å². The van der Waals surface area contributed by atoms with Crippen molar-refractivity contribution in [2.75, 3.05) is 6.61 Å². The minimum absolute atomic E-state index is 0.0857. The highest BCUT2D eigenvalue weighted by molar-refractivity contribution is 5.77. The fourth-order valence-corrected chi connectivity index (χ4v) is 2.27. The summed E-state index contributed by atoms with van der Waals surface area (Å²) in [5.74, 6) is 0.437. The first-order valence-corrected chi connectivity index (χ1v) is 7.71. The molecular weight excluding hydrogens is 293 g/mol. The minimum Gasteiger partial charge on any atom is -0.483 e. The Morgan fingerprint density at radius 1 is 1.22 bits per heavy atom. The summed E-state index contributed by atoms with van der Waals surface area (Å²) in [7, 11) is 0. The molecule has 3 nitrogen and oxygen atoms in total. The van der Waals surface area contributed by atoms with E-state index in [1.54, 1.807) is 18.2 Å². The lowest BCUT2D eigenvalue weighted by Gasteiger charge is -2.15. The third-order valence-corrected chi connectivity index (χ3v) is 3.58. The molecule has 0 aliphatic rings. The van der Waals surface area contributed by atoms with Crippen molar-refractivity contribution in [1.29, 1.82) is 0 Å². The van der Waals surface area contributed by atoms with Crippen molar-refractivity contribution >= 4 is 5.91 Å². The van der Waals surface area contributed by atoms with Crippen LogP contribution in [-0.2, 0) is 11.3 Å². The average molecular weight is 315 g/mol. The predicted octanol–water partition coefficient (Wildman–Crippen LogP) is 3.95. The van der Waals surface area contributed by atoms with Crippen LogP contribution in [0.1, 0.15) is 36.5 Å². The summed E-state index contributed by atoms with van der Waals surface area (Å²) >= 11 is 0. The summed E-state index contributed by atoms with van der Waals surface area (Å²) in [6.45, 7) is 6.21. The maximum absolute atomic E-state index is 13.5. The molecule has 0 aliphatic carbocycles. The molecule has 4 heteroatoms. The number of carbonyl (C=O) groups is 1. The summed E-state index contributed by atoms with van der Waals surface area (Å²) in [4.78, 5) is 11.9. The molecular formula is C19H22FNO2. The lowest BCUT2D eigenvalue weighted by Crippen LogP contribution is -2.28. The molecule has 0 bridgehead atoms. The number of nitrogens with one attached hydrogen (secondary N) is 1. The van der Waals surface area contributed by atoms with E-state index in [9.17, 15) is 9.18 Å². The molecule has 0 heterocycles. The van der Waals surface area contributed by atoms with Crippen LogP contribution in [0, 0.1) is 12.7 Å². The number of hydrogen-bond donors (Lipinski definition) is 1. The van der Waals surface area contributed by atoms with Crippen LogP contribution >= 0.6 is 0 Å². The number of hydrogen-bond acceptors (Lipinski definition) is 2. The van der Waals surface area contributed by atoms with Gasteiger partial charge in [-0.25, -0.2) is 4.39 Å². The van der Waals surface area contributed by atoms with E-state index in [0.717, 1.165) is 16.9 Å². The molecule has 0 atom stereocenters. The molecule has 0 aliphatic heterocycles. The molecule has 2 aromatic carbocycles. The second kappa shape index (κ2) is 7.77. The van der Waals surface area contributed by atoms with E-state index in [-0.39, 0.29) is 24.9 Å². The number of amides is 1. The van der Waals surface area contributed by atoms with Gasteiger partial charge in [0.15, 0.2) is 6.61 Å². The van der Waals surface area contributed by atoms with Crippen LogP contribution in [-0.4, -0.2) is 12.5 Å². The maximum Gasteiger partial charge on any atom is 0.258 e. The molecule has 0 saturated carbocycles. The first kappa shape index (κ1) is 17.0. The smallest absolute Gasteiger partial charge is 0.258 e. The highest BCUT2D eigenvalue weighted by atomic mass is 19.1. The normalized spacial score (nSPS) is 10.7. The second-order valence-corrected chi connectivity index (χ2v) is 5.85. The summed E-state index contributed by atoms with van der Waals surface area (Å²) in [5.41, 5.74) is 2.60. The molecule has 0 aromatic heterocycles. The summed E-state index contributed by atoms with van der Waals surface area (Å²) < 4.78 is 19.1. The van der Waals surface area contributed by atoms with Gasteiger partial charge in [-0.05, 0) is 36.1 Å². The largest absolute Gasteiger partial charge is 0.483 e. The monoisotopic (exact) mass is 315 g/mol. The van der Waals surface area contributed by atoms with Gasteiger partial charge in [0, 0.05) is 12.1 Å². The molecule has 0 unspecified atom stereocenters. The molecule has 0 spiro atoms. The first-order valence-electron chi connectivity index (χ1n) is 7.71. The van der Waals surface area contributed by atoms with E-state index >= 15 is 0 Å². The van der Waals surface area contributed by atoms with Crippen LogP contribution < -0.4 is 10.1 Å². The van der Waals surface area contributed by atoms with Gasteiger partial charge in [-0.15, -0.1) is 0 Å². The third-order valence-electron chi connectivity index (χ3n) is 3.58. The number of rotatable bonds is 6. The van der Waals surface area contributed by atoms with Gasteiger partial charge < -0.3 is 10.1 Å². The van der Waals surface area contributed by atoms with E-state index in [0.29, 0.717) is 11.5 Å². The van der Waals surface area contributed by atoms with Gasteiger partial charge in [0.1, 0.15) is 11.6 Å². The van der Waals surface area contributed by atoms with E-state index in [1.807, 2.05) is 25.1 Å². The maximum atomic E-state index is 13.5. The van der Waals surface area contributed by atoms with Gasteiger partial charge in [0.05, 0.1) is 0 Å². The van der Waals surface area contributed by atoms with Gasteiger partial charge in [-0.2, -0.15) is 0 Å². The zero-order valence-corrected chi connectivity index (χ0v) is 13.7. The van der Waals surface area contributed by atoms with Crippen LogP contribution in [0.4, 0.5) is 4.39 Å². The minimum atomic E-state index is -0.325. The van der Waals surface area contributed by atoms with E-state index in [4.69, 9.17) is 4.74 Å². The Labute approximate surface area is 136 Å². The van der Waals surface area contributed by atoms with Crippen LogP contribution in [0.3, 0.4) is 0 Å². The van der Waals surface area contributed by atoms with Crippen molar-refractivity contribution < 1.29 is 13.9 Å². The molecule has 0 radical (unpaired) electrons. The van der Waals surface area contributed by atoms with Crippen molar-refractivity contribution in [3.8, 4) is 5.75 Å². The number of halogens is 1. The molecule has 0 saturated heterocycles. The second-order valence-electron chi connectivity index (χ2n) is 5.85. The topological polar surface area (TPSA) is 38.3 Å². The van der Waals surface area contributed by atoms with Crippen molar-refractivity contribution in [1.82, 2.24) is 5.32 Å². The predicted molar refractivity (Wildman–Crippen MR) is 89.0 cm³/mol. The van der Waals surface area contributed by atoms with E-state index in [2.05, 4.69) is 19.2 Å². The lowest BCUT2D eigenvalue weighted by atomic mass is 10.0. The average Bonchev–Trinajstić information content (AvgIpc) is 2.52. The van der Waals surface area contributed by atoms with Crippen molar-refractivity contribution in [3.05, 3.63) is 65.0 Å². The number of ether oxygens (including phenoxy) is 1. The third kappa shape index (κ3) is 4.81. The zero-order valence-electron chi connectivity index (χ0n) is 13.7. The number of aryl methyl sites for hydroxylation is 1. The van der Waals surface area contributed by atoms with Gasteiger partial charge in [0.25, 0.3) is 5.91 Å². The van der Waals surface area contributed by atoms with Crippen molar-refractivity contribution in [2.45, 2.75) is 33.2 Å². The van der Waals surface area contributed by atoms with Gasteiger partial charge in [0.2, 0.25) is 0 Å². The molecule has 23 heavy (non-hydrogen) atoms. The highest BCUT2D eigenvalue weighted by Crippen LogP contribution is 2.27. The number of benzene rings is 2. The van der Waals surface area contributed by atoms with Crippen LogP contribution in [0.5, 0.6) is 5.75 Å². The summed E-state index contributed by atoms with van der Waals surface area (Å²) in [6.07, 6.45) is 0. The fraction of sp³-hybridized carbons (Fsp3) is 0.316. The molecule has 2 rings (SSSR count). The molecule has 2 aromatic rings. The Hall–Kier alpha value is -2.36. The van der Waals surface area contributed by atoms with Crippen molar-refractivity contribution in [2.24, 2.45) is 0 Å². The lowest BCUT2D eigenvalue weighted by molar-refractivity contribution is -0.123. The van der Waals surface area contributed by atoms with Crippen LogP contribution in [0.2, 0.25) is 0 Å². The zero-order chi connectivity index (χ0) is 16.8.